The predicted molar refractivity (Wildman–Crippen MR) is 93.7 cm³/mol. The van der Waals surface area contributed by atoms with Crippen molar-refractivity contribution in [1.29, 1.82) is 0 Å². The van der Waals surface area contributed by atoms with Crippen LogP contribution in [0.25, 0.3) is 0 Å². The summed E-state index contributed by atoms with van der Waals surface area (Å²) in [5, 5.41) is 0.636. The van der Waals surface area contributed by atoms with Gasteiger partial charge in [0.1, 0.15) is 0 Å². The van der Waals surface area contributed by atoms with Crippen LogP contribution >= 0.6 is 46.6 Å². The lowest BCUT2D eigenvalue weighted by Gasteiger charge is -2.33. The second kappa shape index (κ2) is 7.82. The molecule has 0 radical (unpaired) electrons. The molecule has 0 aromatic heterocycles. The normalized spacial score (nSPS) is 17.5. The quantitative estimate of drug-likeness (QED) is 0.732. The van der Waals surface area contributed by atoms with Crippen LogP contribution in [0.3, 0.4) is 0 Å². The molecule has 0 saturated carbocycles. The summed E-state index contributed by atoms with van der Waals surface area (Å²) < 4.78 is 0.964. The van der Waals surface area contributed by atoms with Crippen molar-refractivity contribution < 1.29 is 4.79 Å². The molecule has 0 aliphatic carbocycles. The molecule has 2 N–H and O–H groups in total. The summed E-state index contributed by atoms with van der Waals surface area (Å²) in [6.45, 7) is 3.62. The Bertz CT molecular complexity index is 474. The van der Waals surface area contributed by atoms with Gasteiger partial charge in [0.25, 0.3) is 5.91 Å². The summed E-state index contributed by atoms with van der Waals surface area (Å²) in [5.41, 5.74) is 6.59. The molecule has 1 unspecified atom stereocenters. The SMILES string of the molecule is CC(N)C1CCN(C(=O)c2ccc(I)c(Cl)c2)CC1.Cl. The highest BCUT2D eigenvalue weighted by molar-refractivity contribution is 14.1. The van der Waals surface area contributed by atoms with E-state index in [1.165, 1.54) is 0 Å². The van der Waals surface area contributed by atoms with Gasteiger partial charge in [0.05, 0.1) is 5.02 Å². The monoisotopic (exact) mass is 428 g/mol. The minimum absolute atomic E-state index is 0. The Morgan fingerprint density at radius 2 is 2.05 bits per heavy atom. The number of carbonyl (C=O) groups excluding carboxylic acids is 1. The molecule has 1 aliphatic rings. The van der Waals surface area contributed by atoms with Crippen LogP contribution in [0.1, 0.15) is 30.1 Å². The molecule has 3 nitrogen and oxygen atoms in total. The van der Waals surface area contributed by atoms with Gasteiger partial charge in [0.15, 0.2) is 0 Å². The maximum absolute atomic E-state index is 12.4. The van der Waals surface area contributed by atoms with Crippen molar-refractivity contribution in [3.05, 3.63) is 32.4 Å². The van der Waals surface area contributed by atoms with Gasteiger partial charge in [-0.15, -0.1) is 12.4 Å². The van der Waals surface area contributed by atoms with Crippen molar-refractivity contribution in [3.8, 4) is 0 Å². The van der Waals surface area contributed by atoms with E-state index in [-0.39, 0.29) is 24.4 Å². The Balaban J connectivity index is 0.00000200. The van der Waals surface area contributed by atoms with Gasteiger partial charge in [-0.3, -0.25) is 4.79 Å². The highest BCUT2D eigenvalue weighted by Crippen LogP contribution is 2.23. The average molecular weight is 429 g/mol. The van der Waals surface area contributed by atoms with Crippen LogP contribution in [0.2, 0.25) is 5.02 Å². The van der Waals surface area contributed by atoms with Crippen LogP contribution in [0, 0.1) is 9.49 Å². The summed E-state index contributed by atoms with van der Waals surface area (Å²) in [7, 11) is 0. The maximum atomic E-state index is 12.4. The van der Waals surface area contributed by atoms with Gasteiger partial charge >= 0.3 is 0 Å². The van der Waals surface area contributed by atoms with E-state index in [1.54, 1.807) is 6.07 Å². The summed E-state index contributed by atoms with van der Waals surface area (Å²) in [5.74, 6) is 0.603. The number of hydrogen-bond acceptors (Lipinski definition) is 2. The van der Waals surface area contributed by atoms with Crippen molar-refractivity contribution >= 4 is 52.5 Å². The molecule has 0 bridgehead atoms. The van der Waals surface area contributed by atoms with E-state index >= 15 is 0 Å². The first-order valence-corrected chi connectivity index (χ1v) is 7.94. The zero-order valence-corrected chi connectivity index (χ0v) is 15.0. The van der Waals surface area contributed by atoms with Crippen LogP contribution in [0.5, 0.6) is 0 Å². The fourth-order valence-electron chi connectivity index (χ4n) is 2.44. The Morgan fingerprint density at radius 3 is 2.55 bits per heavy atom. The molecule has 0 spiro atoms. The number of hydrogen-bond donors (Lipinski definition) is 1. The van der Waals surface area contributed by atoms with E-state index in [0.717, 1.165) is 29.5 Å². The second-order valence-electron chi connectivity index (χ2n) is 5.12. The molecule has 2 rings (SSSR count). The average Bonchev–Trinajstić information content (AvgIpc) is 2.41. The van der Waals surface area contributed by atoms with Crippen LogP contribution in [0.15, 0.2) is 18.2 Å². The Labute approximate surface area is 144 Å². The van der Waals surface area contributed by atoms with E-state index in [2.05, 4.69) is 22.6 Å². The molecule has 20 heavy (non-hydrogen) atoms. The number of likely N-dealkylation sites (tertiary alicyclic amines) is 1. The lowest BCUT2D eigenvalue weighted by Crippen LogP contribution is -2.42. The molecule has 1 aromatic rings. The number of piperidine rings is 1. The third kappa shape index (κ3) is 4.23. The number of rotatable bonds is 2. The molecule has 1 heterocycles. The van der Waals surface area contributed by atoms with Gasteiger partial charge < -0.3 is 10.6 Å². The minimum atomic E-state index is 0. The van der Waals surface area contributed by atoms with Crippen LogP contribution in [0.4, 0.5) is 0 Å². The zero-order chi connectivity index (χ0) is 14.0. The number of benzene rings is 1. The first-order valence-electron chi connectivity index (χ1n) is 6.49. The molecule has 1 aromatic carbocycles. The smallest absolute Gasteiger partial charge is 0.253 e. The summed E-state index contributed by atoms with van der Waals surface area (Å²) in [6, 6.07) is 5.69. The van der Waals surface area contributed by atoms with Crippen molar-refractivity contribution in [1.82, 2.24) is 4.90 Å². The van der Waals surface area contributed by atoms with E-state index < -0.39 is 0 Å². The number of halogens is 3. The molecular weight excluding hydrogens is 410 g/mol. The summed E-state index contributed by atoms with van der Waals surface area (Å²) >= 11 is 8.22. The van der Waals surface area contributed by atoms with Crippen LogP contribution in [-0.2, 0) is 0 Å². The fraction of sp³-hybridized carbons (Fsp3) is 0.500. The summed E-state index contributed by atoms with van der Waals surface area (Å²) in [4.78, 5) is 14.3. The summed E-state index contributed by atoms with van der Waals surface area (Å²) in [6.07, 6.45) is 1.98. The first kappa shape index (κ1) is 18.0. The predicted octanol–water partition coefficient (Wildman–Crippen LogP) is 3.57. The Kier molecular flexibility index (Phi) is 7.04. The molecule has 112 valence electrons. The lowest BCUT2D eigenvalue weighted by atomic mass is 9.90. The standard InChI is InChI=1S/C14H18ClIN2O.ClH/c1-9(17)10-4-6-18(7-5-10)14(19)11-2-3-13(16)12(15)8-11;/h2-3,8-10H,4-7,17H2,1H3;1H. The minimum Gasteiger partial charge on any atom is -0.339 e. The van der Waals surface area contributed by atoms with Crippen molar-refractivity contribution in [2.24, 2.45) is 11.7 Å². The second-order valence-corrected chi connectivity index (χ2v) is 6.69. The van der Waals surface area contributed by atoms with Gasteiger partial charge in [0.2, 0.25) is 0 Å². The number of nitrogens with zero attached hydrogens (tertiary/aromatic N) is 1. The van der Waals surface area contributed by atoms with Gasteiger partial charge in [-0.25, -0.2) is 0 Å². The van der Waals surface area contributed by atoms with Gasteiger partial charge in [0, 0.05) is 28.3 Å². The van der Waals surface area contributed by atoms with Crippen LogP contribution < -0.4 is 5.73 Å². The third-order valence-electron chi connectivity index (χ3n) is 3.74. The molecule has 1 aliphatic heterocycles. The number of nitrogens with two attached hydrogens (primary N) is 1. The first-order chi connectivity index (χ1) is 8.99. The molecule has 1 atom stereocenters. The van der Waals surface area contributed by atoms with E-state index in [0.29, 0.717) is 16.5 Å². The van der Waals surface area contributed by atoms with E-state index in [1.807, 2.05) is 24.0 Å². The molecule has 1 amide bonds. The fourth-order valence-corrected chi connectivity index (χ4v) is 2.96. The third-order valence-corrected chi connectivity index (χ3v) is 5.31. The zero-order valence-electron chi connectivity index (χ0n) is 11.3. The number of carbonyl (C=O) groups is 1. The highest BCUT2D eigenvalue weighted by atomic mass is 127. The van der Waals surface area contributed by atoms with Crippen LogP contribution in [-0.4, -0.2) is 29.9 Å². The Hall–Kier alpha value is -0.0400. The Morgan fingerprint density at radius 1 is 1.45 bits per heavy atom. The topological polar surface area (TPSA) is 46.3 Å². The molecule has 1 saturated heterocycles. The van der Waals surface area contributed by atoms with Gasteiger partial charge in [-0.05, 0) is 66.5 Å². The van der Waals surface area contributed by atoms with E-state index in [9.17, 15) is 4.79 Å². The van der Waals surface area contributed by atoms with E-state index in [4.69, 9.17) is 17.3 Å². The lowest BCUT2D eigenvalue weighted by molar-refractivity contribution is 0.0681. The van der Waals surface area contributed by atoms with Gasteiger partial charge in [-0.1, -0.05) is 11.6 Å². The number of amides is 1. The van der Waals surface area contributed by atoms with Crippen molar-refractivity contribution in [2.75, 3.05) is 13.1 Å². The molecule has 6 heteroatoms. The largest absolute Gasteiger partial charge is 0.339 e. The van der Waals surface area contributed by atoms with Gasteiger partial charge in [-0.2, -0.15) is 0 Å². The highest BCUT2D eigenvalue weighted by Gasteiger charge is 2.25. The maximum Gasteiger partial charge on any atom is 0.253 e. The van der Waals surface area contributed by atoms with Crippen molar-refractivity contribution in [3.63, 3.8) is 0 Å². The molecule has 1 fully saturated rings. The molecular formula is C14H19Cl2IN2O. The van der Waals surface area contributed by atoms with Crippen molar-refractivity contribution in [2.45, 2.75) is 25.8 Å².